The second-order valence-electron chi connectivity index (χ2n) is 4.66. The average molecular weight is 287 g/mol. The van der Waals surface area contributed by atoms with Crippen LogP contribution in [0.15, 0.2) is 29.8 Å². The smallest absolute Gasteiger partial charge is 0.334 e. The third-order valence-electron chi connectivity index (χ3n) is 3.28. The zero-order valence-corrected chi connectivity index (χ0v) is 10.8. The Morgan fingerprint density at radius 2 is 2.00 bits per heavy atom. The minimum atomic E-state index is -4.36. The predicted molar refractivity (Wildman–Crippen MR) is 65.8 cm³/mol. The van der Waals surface area contributed by atoms with Crippen molar-refractivity contribution >= 4 is 5.91 Å². The van der Waals surface area contributed by atoms with Gasteiger partial charge in [-0.2, -0.15) is 13.2 Å². The molecule has 0 aromatic heterocycles. The number of aryl methyl sites for hydroxylation is 1. The first-order chi connectivity index (χ1) is 9.30. The average Bonchev–Trinajstić information content (AvgIpc) is 2.40. The standard InChI is InChI=1S/C14H13F4NO/c1-9-3-2-4-11(12(9)15)13(20)19-7-5-10(6-8-19)14(16,17)18/h2-5H,6-8H2,1H3. The van der Waals surface area contributed by atoms with Gasteiger partial charge in [0.2, 0.25) is 0 Å². The first kappa shape index (κ1) is 14.6. The number of benzene rings is 1. The number of hydrogen-bond donors (Lipinski definition) is 0. The summed E-state index contributed by atoms with van der Waals surface area (Å²) in [5.41, 5.74) is -0.403. The second-order valence-corrected chi connectivity index (χ2v) is 4.66. The van der Waals surface area contributed by atoms with Crippen LogP contribution in [-0.2, 0) is 0 Å². The van der Waals surface area contributed by atoms with Crippen molar-refractivity contribution in [2.24, 2.45) is 0 Å². The van der Waals surface area contributed by atoms with Crippen LogP contribution in [0.1, 0.15) is 22.3 Å². The van der Waals surface area contributed by atoms with E-state index in [1.54, 1.807) is 6.07 Å². The molecule has 0 saturated heterocycles. The normalized spacial score (nSPS) is 16.1. The van der Waals surface area contributed by atoms with Gasteiger partial charge in [-0.1, -0.05) is 18.2 Å². The van der Waals surface area contributed by atoms with Crippen molar-refractivity contribution in [3.8, 4) is 0 Å². The number of halogens is 4. The Labute approximate surface area is 113 Å². The molecule has 1 aliphatic rings. The molecule has 20 heavy (non-hydrogen) atoms. The van der Waals surface area contributed by atoms with E-state index in [0.717, 1.165) is 6.08 Å². The molecule has 1 aromatic carbocycles. The maximum Gasteiger partial charge on any atom is 0.412 e. The van der Waals surface area contributed by atoms with Crippen molar-refractivity contribution in [3.05, 3.63) is 46.8 Å². The van der Waals surface area contributed by atoms with E-state index >= 15 is 0 Å². The van der Waals surface area contributed by atoms with Crippen molar-refractivity contribution in [3.63, 3.8) is 0 Å². The van der Waals surface area contributed by atoms with Gasteiger partial charge in [0.25, 0.3) is 5.91 Å². The minimum absolute atomic E-state index is 0.0580. The molecule has 0 atom stereocenters. The maximum atomic E-state index is 13.8. The van der Waals surface area contributed by atoms with Crippen LogP contribution in [0.4, 0.5) is 17.6 Å². The lowest BCUT2D eigenvalue weighted by atomic mass is 10.1. The number of amides is 1. The summed E-state index contributed by atoms with van der Waals surface area (Å²) in [7, 11) is 0. The first-order valence-corrected chi connectivity index (χ1v) is 6.11. The highest BCUT2D eigenvalue weighted by atomic mass is 19.4. The monoisotopic (exact) mass is 287 g/mol. The Hall–Kier alpha value is -1.85. The van der Waals surface area contributed by atoms with Crippen molar-refractivity contribution < 1.29 is 22.4 Å². The van der Waals surface area contributed by atoms with Gasteiger partial charge >= 0.3 is 6.18 Å². The Bertz CT molecular complexity index is 563. The SMILES string of the molecule is Cc1cccc(C(=O)N2CC=C(C(F)(F)F)CC2)c1F. The molecule has 2 nitrogen and oxygen atoms in total. The number of alkyl halides is 3. The van der Waals surface area contributed by atoms with Crippen molar-refractivity contribution in [1.29, 1.82) is 0 Å². The van der Waals surface area contributed by atoms with Gasteiger partial charge in [0.15, 0.2) is 0 Å². The van der Waals surface area contributed by atoms with Gasteiger partial charge in [-0.05, 0) is 25.0 Å². The highest BCUT2D eigenvalue weighted by Crippen LogP contribution is 2.30. The van der Waals surface area contributed by atoms with Crippen LogP contribution < -0.4 is 0 Å². The molecule has 1 aromatic rings. The minimum Gasteiger partial charge on any atom is -0.334 e. The van der Waals surface area contributed by atoms with E-state index in [1.165, 1.54) is 24.0 Å². The molecular weight excluding hydrogens is 274 g/mol. The van der Waals surface area contributed by atoms with E-state index in [4.69, 9.17) is 0 Å². The third kappa shape index (κ3) is 2.84. The molecule has 0 fully saturated rings. The molecule has 6 heteroatoms. The van der Waals surface area contributed by atoms with Gasteiger partial charge in [-0.25, -0.2) is 4.39 Å². The van der Waals surface area contributed by atoms with Gasteiger partial charge in [0.05, 0.1) is 5.56 Å². The summed E-state index contributed by atoms with van der Waals surface area (Å²) in [5, 5.41) is 0. The summed E-state index contributed by atoms with van der Waals surface area (Å²) in [6, 6.07) is 4.42. The number of rotatable bonds is 1. The lowest BCUT2D eigenvalue weighted by Crippen LogP contribution is -2.37. The fourth-order valence-electron chi connectivity index (χ4n) is 2.09. The maximum absolute atomic E-state index is 13.8. The summed E-state index contributed by atoms with van der Waals surface area (Å²) in [6.07, 6.45) is -3.64. The highest BCUT2D eigenvalue weighted by Gasteiger charge is 2.35. The summed E-state index contributed by atoms with van der Waals surface area (Å²) in [5.74, 6) is -1.20. The topological polar surface area (TPSA) is 20.3 Å². The van der Waals surface area contributed by atoms with Crippen molar-refractivity contribution in [2.75, 3.05) is 13.1 Å². The highest BCUT2D eigenvalue weighted by molar-refractivity contribution is 5.95. The molecule has 0 aliphatic carbocycles. The molecule has 1 heterocycles. The van der Waals surface area contributed by atoms with E-state index in [1.807, 2.05) is 0 Å². The molecule has 0 spiro atoms. The fourth-order valence-corrected chi connectivity index (χ4v) is 2.09. The number of nitrogens with zero attached hydrogens (tertiary/aromatic N) is 1. The van der Waals surface area contributed by atoms with E-state index in [2.05, 4.69) is 0 Å². The number of carbonyl (C=O) groups is 1. The van der Waals surface area contributed by atoms with Crippen LogP contribution in [0, 0.1) is 12.7 Å². The summed E-state index contributed by atoms with van der Waals surface area (Å²) in [4.78, 5) is 13.3. The van der Waals surface area contributed by atoms with Gasteiger partial charge in [-0.15, -0.1) is 0 Å². The Balaban J connectivity index is 2.17. The Morgan fingerprint density at radius 3 is 2.55 bits per heavy atom. The van der Waals surface area contributed by atoms with Crippen LogP contribution in [0.25, 0.3) is 0 Å². The predicted octanol–water partition coefficient (Wildman–Crippen LogP) is 3.47. The lowest BCUT2D eigenvalue weighted by molar-refractivity contribution is -0.0957. The molecule has 0 radical (unpaired) electrons. The molecule has 1 amide bonds. The van der Waals surface area contributed by atoms with Gasteiger partial charge in [0.1, 0.15) is 5.82 Å². The zero-order chi connectivity index (χ0) is 14.9. The molecule has 0 saturated carbocycles. The van der Waals surface area contributed by atoms with E-state index in [0.29, 0.717) is 5.56 Å². The molecule has 0 N–H and O–H groups in total. The molecule has 0 unspecified atom stereocenters. The first-order valence-electron chi connectivity index (χ1n) is 6.11. The van der Waals surface area contributed by atoms with Gasteiger partial charge in [-0.3, -0.25) is 4.79 Å². The summed E-state index contributed by atoms with van der Waals surface area (Å²) < 4.78 is 51.3. The van der Waals surface area contributed by atoms with Gasteiger partial charge < -0.3 is 4.90 Å². The molecule has 0 bridgehead atoms. The van der Waals surface area contributed by atoms with Crippen LogP contribution >= 0.6 is 0 Å². The van der Waals surface area contributed by atoms with Crippen molar-refractivity contribution in [2.45, 2.75) is 19.5 Å². The van der Waals surface area contributed by atoms with E-state index in [9.17, 15) is 22.4 Å². The second kappa shape index (κ2) is 5.26. The number of carbonyl (C=O) groups excluding carboxylic acids is 1. The third-order valence-corrected chi connectivity index (χ3v) is 3.28. The summed E-state index contributed by atoms with van der Waals surface area (Å²) in [6.45, 7) is 1.32. The van der Waals surface area contributed by atoms with Crippen LogP contribution in [-0.4, -0.2) is 30.1 Å². The largest absolute Gasteiger partial charge is 0.412 e. The van der Waals surface area contributed by atoms with Gasteiger partial charge in [0, 0.05) is 18.7 Å². The van der Waals surface area contributed by atoms with Crippen molar-refractivity contribution in [1.82, 2.24) is 4.90 Å². The summed E-state index contributed by atoms with van der Waals surface area (Å²) >= 11 is 0. The Morgan fingerprint density at radius 1 is 1.30 bits per heavy atom. The molecule has 108 valence electrons. The van der Waals surface area contributed by atoms with E-state index < -0.39 is 23.5 Å². The number of hydrogen-bond acceptors (Lipinski definition) is 1. The van der Waals surface area contributed by atoms with E-state index in [-0.39, 0.29) is 25.1 Å². The zero-order valence-electron chi connectivity index (χ0n) is 10.8. The fraction of sp³-hybridized carbons (Fsp3) is 0.357. The van der Waals surface area contributed by atoms with Crippen LogP contribution in [0.3, 0.4) is 0 Å². The molecule has 2 rings (SSSR count). The quantitative estimate of drug-likeness (QED) is 0.572. The Kier molecular flexibility index (Phi) is 3.83. The molecule has 1 aliphatic heterocycles. The molecular formula is C14H13F4NO. The lowest BCUT2D eigenvalue weighted by Gasteiger charge is -2.27. The van der Waals surface area contributed by atoms with Crippen LogP contribution in [0.5, 0.6) is 0 Å². The van der Waals surface area contributed by atoms with Crippen LogP contribution in [0.2, 0.25) is 0 Å².